The van der Waals surface area contributed by atoms with Crippen LogP contribution in [0.4, 0.5) is 5.69 Å². The van der Waals surface area contributed by atoms with Crippen LogP contribution in [0.15, 0.2) is 43.0 Å². The molecule has 6 nitrogen and oxygen atoms in total. The fourth-order valence-electron chi connectivity index (χ4n) is 2.63. The van der Waals surface area contributed by atoms with Crippen LogP contribution in [-0.4, -0.2) is 26.7 Å². The summed E-state index contributed by atoms with van der Waals surface area (Å²) in [6.45, 7) is 7.50. The van der Waals surface area contributed by atoms with Crippen LogP contribution in [0.5, 0.6) is 0 Å². The van der Waals surface area contributed by atoms with Crippen LogP contribution in [0.2, 0.25) is 0 Å². The number of anilines is 1. The van der Waals surface area contributed by atoms with Gasteiger partial charge >= 0.3 is 0 Å². The van der Waals surface area contributed by atoms with Crippen LogP contribution < -0.4 is 10.0 Å². The van der Waals surface area contributed by atoms with Gasteiger partial charge in [-0.2, -0.15) is 0 Å². The van der Waals surface area contributed by atoms with Gasteiger partial charge in [0.05, 0.1) is 5.75 Å². The Kier molecular flexibility index (Phi) is 7.68. The van der Waals surface area contributed by atoms with Crippen molar-refractivity contribution in [2.45, 2.75) is 32.4 Å². The highest BCUT2D eigenvalue weighted by Crippen LogP contribution is 2.22. The number of ketones is 1. The zero-order chi connectivity index (χ0) is 20.7. The van der Waals surface area contributed by atoms with Gasteiger partial charge in [-0.3, -0.25) is 9.59 Å². The van der Waals surface area contributed by atoms with E-state index in [9.17, 15) is 18.0 Å². The van der Waals surface area contributed by atoms with Gasteiger partial charge in [-0.1, -0.05) is 18.2 Å². The number of nitrogens with one attached hydrogen (secondary N) is 2. The second kappa shape index (κ2) is 9.77. The molecular formula is C20H24N2O4S2. The Balaban J connectivity index is 1.86. The topological polar surface area (TPSA) is 92.3 Å². The van der Waals surface area contributed by atoms with E-state index >= 15 is 0 Å². The first-order valence-electron chi connectivity index (χ1n) is 8.77. The van der Waals surface area contributed by atoms with E-state index in [2.05, 4.69) is 16.6 Å². The Bertz CT molecular complexity index is 961. The monoisotopic (exact) mass is 420 g/mol. The van der Waals surface area contributed by atoms with E-state index in [4.69, 9.17) is 0 Å². The predicted molar refractivity (Wildman–Crippen MR) is 113 cm³/mol. The molecule has 8 heteroatoms. The average molecular weight is 421 g/mol. The standard InChI is InChI=1S/C20H24N2O4S2/c1-4-11-21-28(25,26)13-16-5-7-17(8-6-16)22-20(24)10-9-19(23)18-12-14(2)27-15(18)3/h4-8,12,21H,1,9-11,13H2,2-3H3,(H,22,24). The quantitative estimate of drug-likeness (QED) is 0.454. The van der Waals surface area contributed by atoms with Crippen molar-refractivity contribution in [1.29, 1.82) is 0 Å². The van der Waals surface area contributed by atoms with Crippen molar-refractivity contribution in [2.24, 2.45) is 0 Å². The summed E-state index contributed by atoms with van der Waals surface area (Å²) in [5.74, 6) is -0.446. The zero-order valence-electron chi connectivity index (χ0n) is 15.9. The highest BCUT2D eigenvalue weighted by molar-refractivity contribution is 7.88. The van der Waals surface area contributed by atoms with Crippen LogP contribution in [0.25, 0.3) is 0 Å². The molecule has 1 aromatic heterocycles. The molecule has 0 saturated carbocycles. The maximum atomic E-state index is 12.2. The van der Waals surface area contributed by atoms with Gasteiger partial charge in [-0.25, -0.2) is 13.1 Å². The number of Topliss-reactive ketones (excluding diaryl/α,β-unsaturated/α-hetero) is 1. The molecule has 1 aromatic carbocycles. The molecule has 150 valence electrons. The number of carbonyl (C=O) groups is 2. The Morgan fingerprint density at radius 2 is 1.82 bits per heavy atom. The maximum absolute atomic E-state index is 12.2. The number of thiophene rings is 1. The fraction of sp³-hybridized carbons (Fsp3) is 0.300. The molecule has 0 fully saturated rings. The fourth-order valence-corrected chi connectivity index (χ4v) is 4.68. The Hall–Kier alpha value is -2.29. The molecule has 0 aliphatic carbocycles. The molecular weight excluding hydrogens is 396 g/mol. The SMILES string of the molecule is C=CCNS(=O)(=O)Cc1ccc(NC(=O)CCC(=O)c2cc(C)sc2C)cc1. The number of rotatable bonds is 10. The average Bonchev–Trinajstić information content (AvgIpc) is 2.98. The summed E-state index contributed by atoms with van der Waals surface area (Å²) in [4.78, 5) is 26.4. The van der Waals surface area contributed by atoms with Crippen LogP contribution >= 0.6 is 11.3 Å². The van der Waals surface area contributed by atoms with Gasteiger partial charge < -0.3 is 5.32 Å². The van der Waals surface area contributed by atoms with Crippen molar-refractivity contribution in [3.63, 3.8) is 0 Å². The molecule has 0 bridgehead atoms. The number of aryl methyl sites for hydroxylation is 2. The molecule has 1 amide bonds. The minimum absolute atomic E-state index is 0.0374. The third kappa shape index (κ3) is 6.70. The number of amides is 1. The first kappa shape index (κ1) is 22.0. The number of sulfonamides is 1. The molecule has 0 radical (unpaired) electrons. The highest BCUT2D eigenvalue weighted by Gasteiger charge is 2.14. The number of benzene rings is 1. The normalized spacial score (nSPS) is 11.2. The third-order valence-electron chi connectivity index (χ3n) is 3.96. The van der Waals surface area contributed by atoms with Crippen LogP contribution in [-0.2, 0) is 20.6 Å². The van der Waals surface area contributed by atoms with Crippen LogP contribution in [0.3, 0.4) is 0 Å². The molecule has 0 saturated heterocycles. The summed E-state index contributed by atoms with van der Waals surface area (Å²) < 4.78 is 26.1. The van der Waals surface area contributed by atoms with Gasteiger partial charge in [0.15, 0.2) is 5.78 Å². The number of hydrogen-bond acceptors (Lipinski definition) is 5. The predicted octanol–water partition coefficient (Wildman–Crippen LogP) is 3.57. The molecule has 0 aliphatic heterocycles. The van der Waals surface area contributed by atoms with Gasteiger partial charge in [0, 0.05) is 40.4 Å². The third-order valence-corrected chi connectivity index (χ3v) is 6.25. The van der Waals surface area contributed by atoms with Crippen molar-refractivity contribution in [3.05, 3.63) is 63.9 Å². The van der Waals surface area contributed by atoms with Gasteiger partial charge in [0.2, 0.25) is 15.9 Å². The summed E-state index contributed by atoms with van der Waals surface area (Å²) in [5.41, 5.74) is 1.85. The lowest BCUT2D eigenvalue weighted by Crippen LogP contribution is -2.25. The summed E-state index contributed by atoms with van der Waals surface area (Å²) in [7, 11) is -3.42. The van der Waals surface area contributed by atoms with Crippen molar-refractivity contribution >= 4 is 38.7 Å². The highest BCUT2D eigenvalue weighted by atomic mass is 32.2. The first-order valence-corrected chi connectivity index (χ1v) is 11.2. The summed E-state index contributed by atoms with van der Waals surface area (Å²) in [6.07, 6.45) is 1.71. The zero-order valence-corrected chi connectivity index (χ0v) is 17.6. The molecule has 0 aliphatic rings. The molecule has 0 unspecified atom stereocenters. The lowest BCUT2D eigenvalue weighted by molar-refractivity contribution is -0.116. The second-order valence-electron chi connectivity index (χ2n) is 6.39. The lowest BCUT2D eigenvalue weighted by Gasteiger charge is -2.08. The molecule has 2 N–H and O–H groups in total. The van der Waals surface area contributed by atoms with E-state index in [1.807, 2.05) is 19.9 Å². The van der Waals surface area contributed by atoms with E-state index in [1.54, 1.807) is 35.6 Å². The molecule has 0 atom stereocenters. The largest absolute Gasteiger partial charge is 0.326 e. The number of hydrogen-bond donors (Lipinski definition) is 2. The van der Waals surface area contributed by atoms with E-state index < -0.39 is 10.0 Å². The van der Waals surface area contributed by atoms with E-state index in [0.29, 0.717) is 16.8 Å². The van der Waals surface area contributed by atoms with Gasteiger partial charge in [-0.15, -0.1) is 17.9 Å². The Morgan fingerprint density at radius 1 is 1.14 bits per heavy atom. The molecule has 0 spiro atoms. The smallest absolute Gasteiger partial charge is 0.224 e. The minimum atomic E-state index is -3.42. The van der Waals surface area contributed by atoms with Crippen molar-refractivity contribution < 1.29 is 18.0 Å². The second-order valence-corrected chi connectivity index (χ2v) is 9.66. The van der Waals surface area contributed by atoms with Gasteiger partial charge in [-0.05, 0) is 37.6 Å². The van der Waals surface area contributed by atoms with E-state index in [0.717, 1.165) is 9.75 Å². The molecule has 2 aromatic rings. The molecule has 28 heavy (non-hydrogen) atoms. The summed E-state index contributed by atoms with van der Waals surface area (Å²) in [5, 5.41) is 2.73. The summed E-state index contributed by atoms with van der Waals surface area (Å²) >= 11 is 1.57. The van der Waals surface area contributed by atoms with Crippen molar-refractivity contribution in [1.82, 2.24) is 4.72 Å². The van der Waals surface area contributed by atoms with Crippen LogP contribution in [0.1, 0.15) is 38.5 Å². The minimum Gasteiger partial charge on any atom is -0.326 e. The van der Waals surface area contributed by atoms with Gasteiger partial charge in [0.25, 0.3) is 0 Å². The molecule has 2 rings (SSSR count). The van der Waals surface area contributed by atoms with Crippen molar-refractivity contribution in [2.75, 3.05) is 11.9 Å². The van der Waals surface area contributed by atoms with E-state index in [-0.39, 0.29) is 36.8 Å². The van der Waals surface area contributed by atoms with Gasteiger partial charge in [0.1, 0.15) is 0 Å². The summed E-state index contributed by atoms with van der Waals surface area (Å²) in [6, 6.07) is 8.43. The number of carbonyl (C=O) groups excluding carboxylic acids is 2. The Morgan fingerprint density at radius 3 is 2.39 bits per heavy atom. The maximum Gasteiger partial charge on any atom is 0.224 e. The first-order chi connectivity index (χ1) is 13.2. The molecule has 1 heterocycles. The lowest BCUT2D eigenvalue weighted by atomic mass is 10.1. The van der Waals surface area contributed by atoms with Crippen molar-refractivity contribution in [3.8, 4) is 0 Å². The van der Waals surface area contributed by atoms with E-state index in [1.165, 1.54) is 6.08 Å². The van der Waals surface area contributed by atoms with Crippen LogP contribution in [0, 0.1) is 13.8 Å². The Labute approximate surface area is 169 Å².